The fourth-order valence-electron chi connectivity index (χ4n) is 2.14. The molecule has 0 saturated carbocycles. The van der Waals surface area contributed by atoms with Gasteiger partial charge in [0.05, 0.1) is 6.54 Å². The van der Waals surface area contributed by atoms with E-state index < -0.39 is 18.2 Å². The highest BCUT2D eigenvalue weighted by atomic mass is 19.4. The summed E-state index contributed by atoms with van der Waals surface area (Å²) >= 11 is 0. The number of hydrogen-bond acceptors (Lipinski definition) is 3. The molecular weight excluding hydrogens is 277 g/mol. The number of nitrogens with one attached hydrogen (secondary N) is 1. The van der Waals surface area contributed by atoms with Crippen LogP contribution >= 0.6 is 0 Å². The molecule has 1 rings (SSSR count). The first-order chi connectivity index (χ1) is 9.25. The Labute approximate surface area is 115 Å². The van der Waals surface area contributed by atoms with Crippen LogP contribution < -0.4 is 5.32 Å². The molecule has 2 amide bonds. The summed E-state index contributed by atoms with van der Waals surface area (Å²) in [6.07, 6.45) is -6.47. The van der Waals surface area contributed by atoms with Gasteiger partial charge in [-0.3, -0.25) is 9.59 Å². The number of aliphatic hydroxyl groups excluding tert-OH is 1. The van der Waals surface area contributed by atoms with E-state index in [2.05, 4.69) is 5.32 Å². The molecule has 1 aliphatic heterocycles. The van der Waals surface area contributed by atoms with Gasteiger partial charge >= 0.3 is 6.18 Å². The SMILES string of the molecule is CCC(=O)NCC(=O)N1CCC(C(O)C(F)(F)F)CC1. The lowest BCUT2D eigenvalue weighted by Gasteiger charge is -2.34. The van der Waals surface area contributed by atoms with E-state index in [0.717, 1.165) is 0 Å². The number of carbonyl (C=O) groups is 2. The summed E-state index contributed by atoms with van der Waals surface area (Å²) in [4.78, 5) is 24.1. The second-order valence-corrected chi connectivity index (χ2v) is 4.83. The van der Waals surface area contributed by atoms with Gasteiger partial charge < -0.3 is 15.3 Å². The van der Waals surface area contributed by atoms with E-state index in [1.807, 2.05) is 0 Å². The van der Waals surface area contributed by atoms with E-state index in [0.29, 0.717) is 0 Å². The molecule has 0 spiro atoms. The number of piperidine rings is 1. The molecule has 1 saturated heterocycles. The molecule has 1 unspecified atom stereocenters. The van der Waals surface area contributed by atoms with Gasteiger partial charge in [0.25, 0.3) is 0 Å². The molecule has 1 heterocycles. The summed E-state index contributed by atoms with van der Waals surface area (Å²) in [5.41, 5.74) is 0. The Bertz CT molecular complexity index is 352. The van der Waals surface area contributed by atoms with Crippen molar-refractivity contribution in [2.45, 2.75) is 38.5 Å². The van der Waals surface area contributed by atoms with Crippen molar-refractivity contribution in [3.8, 4) is 0 Å². The average Bonchev–Trinajstić information content (AvgIpc) is 2.42. The third-order valence-electron chi connectivity index (χ3n) is 3.43. The molecule has 0 radical (unpaired) electrons. The quantitative estimate of drug-likeness (QED) is 0.801. The maximum Gasteiger partial charge on any atom is 0.414 e. The number of carbonyl (C=O) groups excluding carboxylic acids is 2. The Morgan fingerprint density at radius 1 is 1.35 bits per heavy atom. The minimum atomic E-state index is -4.62. The standard InChI is InChI=1S/C12H19F3N2O3/c1-2-9(18)16-7-10(19)17-5-3-8(4-6-17)11(20)12(13,14)15/h8,11,20H,2-7H2,1H3,(H,16,18). The zero-order valence-electron chi connectivity index (χ0n) is 11.2. The van der Waals surface area contributed by atoms with Crippen molar-refractivity contribution < 1.29 is 27.9 Å². The number of alkyl halides is 3. The predicted molar refractivity (Wildman–Crippen MR) is 64.7 cm³/mol. The van der Waals surface area contributed by atoms with E-state index in [9.17, 15) is 22.8 Å². The highest BCUT2D eigenvalue weighted by Gasteiger charge is 2.44. The molecule has 0 aliphatic carbocycles. The molecule has 20 heavy (non-hydrogen) atoms. The Balaban J connectivity index is 2.38. The Morgan fingerprint density at radius 3 is 2.35 bits per heavy atom. The first-order valence-corrected chi connectivity index (χ1v) is 6.55. The Hall–Kier alpha value is -1.31. The number of aliphatic hydroxyl groups is 1. The van der Waals surface area contributed by atoms with E-state index in [1.54, 1.807) is 6.92 Å². The van der Waals surface area contributed by atoms with Crippen molar-refractivity contribution in [1.29, 1.82) is 0 Å². The normalized spacial score (nSPS) is 18.8. The van der Waals surface area contributed by atoms with Crippen LogP contribution in [0.25, 0.3) is 0 Å². The Kier molecular flexibility index (Phi) is 5.79. The molecule has 0 aromatic rings. The zero-order valence-corrected chi connectivity index (χ0v) is 11.2. The lowest BCUT2D eigenvalue weighted by Crippen LogP contribution is -2.47. The van der Waals surface area contributed by atoms with Crippen molar-refractivity contribution in [1.82, 2.24) is 10.2 Å². The van der Waals surface area contributed by atoms with E-state index in [4.69, 9.17) is 5.11 Å². The first kappa shape index (κ1) is 16.7. The number of hydrogen-bond donors (Lipinski definition) is 2. The summed E-state index contributed by atoms with van der Waals surface area (Å²) in [6, 6.07) is 0. The molecular formula is C12H19F3N2O3. The molecule has 1 atom stereocenters. The van der Waals surface area contributed by atoms with Crippen molar-refractivity contribution in [2.24, 2.45) is 5.92 Å². The number of rotatable bonds is 4. The zero-order chi connectivity index (χ0) is 15.3. The monoisotopic (exact) mass is 296 g/mol. The second-order valence-electron chi connectivity index (χ2n) is 4.83. The van der Waals surface area contributed by atoms with Crippen LogP contribution in [0, 0.1) is 5.92 Å². The van der Waals surface area contributed by atoms with Crippen LogP contribution in [0.5, 0.6) is 0 Å². The van der Waals surface area contributed by atoms with Gasteiger partial charge in [0.1, 0.15) is 0 Å². The van der Waals surface area contributed by atoms with E-state index in [-0.39, 0.29) is 50.7 Å². The highest BCUT2D eigenvalue weighted by Crippen LogP contribution is 2.31. The maximum absolute atomic E-state index is 12.4. The van der Waals surface area contributed by atoms with Crippen LogP contribution in [0.4, 0.5) is 13.2 Å². The molecule has 2 N–H and O–H groups in total. The summed E-state index contributed by atoms with van der Waals surface area (Å²) in [6.45, 7) is 1.85. The smallest absolute Gasteiger partial charge is 0.383 e. The molecule has 1 fully saturated rings. The van der Waals surface area contributed by atoms with Crippen LogP contribution in [0.3, 0.4) is 0 Å². The number of likely N-dealkylation sites (tertiary alicyclic amines) is 1. The summed E-state index contributed by atoms with van der Waals surface area (Å²) < 4.78 is 37.1. The van der Waals surface area contributed by atoms with Crippen LogP contribution in [0.2, 0.25) is 0 Å². The topological polar surface area (TPSA) is 69.6 Å². The predicted octanol–water partition coefficient (Wildman–Crippen LogP) is 0.674. The third kappa shape index (κ3) is 4.66. The largest absolute Gasteiger partial charge is 0.414 e. The van der Waals surface area contributed by atoms with Gasteiger partial charge in [-0.05, 0) is 18.8 Å². The van der Waals surface area contributed by atoms with Gasteiger partial charge in [0.15, 0.2) is 6.10 Å². The van der Waals surface area contributed by atoms with Crippen molar-refractivity contribution in [3.05, 3.63) is 0 Å². The lowest BCUT2D eigenvalue weighted by molar-refractivity contribution is -0.222. The molecule has 5 nitrogen and oxygen atoms in total. The number of halogens is 3. The molecule has 0 aromatic heterocycles. The number of nitrogens with zero attached hydrogens (tertiary/aromatic N) is 1. The fourth-order valence-corrected chi connectivity index (χ4v) is 2.14. The van der Waals surface area contributed by atoms with E-state index in [1.165, 1.54) is 4.90 Å². The van der Waals surface area contributed by atoms with Gasteiger partial charge in [0, 0.05) is 19.5 Å². The molecule has 0 aromatic carbocycles. The van der Waals surface area contributed by atoms with Crippen molar-refractivity contribution in [3.63, 3.8) is 0 Å². The number of amides is 2. The van der Waals surface area contributed by atoms with Gasteiger partial charge in [-0.25, -0.2) is 0 Å². The molecule has 1 aliphatic rings. The molecule has 8 heteroatoms. The fraction of sp³-hybridized carbons (Fsp3) is 0.833. The van der Waals surface area contributed by atoms with Gasteiger partial charge in [0.2, 0.25) is 11.8 Å². The molecule has 116 valence electrons. The van der Waals surface area contributed by atoms with Crippen LogP contribution in [0.1, 0.15) is 26.2 Å². The van der Waals surface area contributed by atoms with Crippen LogP contribution in [-0.2, 0) is 9.59 Å². The lowest BCUT2D eigenvalue weighted by atomic mass is 9.91. The third-order valence-corrected chi connectivity index (χ3v) is 3.43. The average molecular weight is 296 g/mol. The van der Waals surface area contributed by atoms with Crippen LogP contribution in [-0.4, -0.2) is 53.7 Å². The van der Waals surface area contributed by atoms with Gasteiger partial charge in [-0.1, -0.05) is 6.92 Å². The van der Waals surface area contributed by atoms with Crippen molar-refractivity contribution >= 4 is 11.8 Å². The van der Waals surface area contributed by atoms with Gasteiger partial charge in [-0.2, -0.15) is 13.2 Å². The van der Waals surface area contributed by atoms with E-state index >= 15 is 0 Å². The summed E-state index contributed by atoms with van der Waals surface area (Å²) in [7, 11) is 0. The Morgan fingerprint density at radius 2 is 1.90 bits per heavy atom. The summed E-state index contributed by atoms with van der Waals surface area (Å²) in [5.74, 6) is -1.43. The first-order valence-electron chi connectivity index (χ1n) is 6.55. The minimum Gasteiger partial charge on any atom is -0.383 e. The molecule has 0 bridgehead atoms. The maximum atomic E-state index is 12.4. The summed E-state index contributed by atoms with van der Waals surface area (Å²) in [5, 5.41) is 11.6. The van der Waals surface area contributed by atoms with Crippen molar-refractivity contribution in [2.75, 3.05) is 19.6 Å². The van der Waals surface area contributed by atoms with Gasteiger partial charge in [-0.15, -0.1) is 0 Å². The van der Waals surface area contributed by atoms with Crippen LogP contribution in [0.15, 0.2) is 0 Å². The second kappa shape index (κ2) is 6.92. The minimum absolute atomic E-state index is 0.105. The highest BCUT2D eigenvalue weighted by molar-refractivity contribution is 5.84.